The van der Waals surface area contributed by atoms with Crippen LogP contribution in [0.5, 0.6) is 11.5 Å². The summed E-state index contributed by atoms with van der Waals surface area (Å²) in [5.74, 6) is 0.307. The first kappa shape index (κ1) is 20.7. The van der Waals surface area contributed by atoms with Crippen LogP contribution in [0.1, 0.15) is 13.3 Å². The number of benzene rings is 1. The van der Waals surface area contributed by atoms with Gasteiger partial charge in [0.2, 0.25) is 15.9 Å². The number of aromatic nitrogens is 2. The van der Waals surface area contributed by atoms with Crippen LogP contribution in [0.25, 0.3) is 0 Å². The molecule has 0 fully saturated rings. The average molecular weight is 396 g/mol. The topological polar surface area (TPSA) is 112 Å². The molecular formula is C17H24N4O5S. The fourth-order valence-electron chi connectivity index (χ4n) is 2.38. The van der Waals surface area contributed by atoms with E-state index in [1.165, 1.54) is 39.3 Å². The van der Waals surface area contributed by atoms with E-state index < -0.39 is 22.0 Å². The number of nitrogens with one attached hydrogen (secondary N) is 2. The maximum Gasteiger partial charge on any atom is 0.241 e. The lowest BCUT2D eigenvalue weighted by Crippen LogP contribution is -2.45. The molecule has 0 saturated heterocycles. The van der Waals surface area contributed by atoms with Gasteiger partial charge in [-0.25, -0.2) is 13.4 Å². The maximum absolute atomic E-state index is 12.5. The van der Waals surface area contributed by atoms with Gasteiger partial charge >= 0.3 is 0 Å². The van der Waals surface area contributed by atoms with E-state index >= 15 is 0 Å². The Hall–Kier alpha value is -2.59. The first-order valence-electron chi connectivity index (χ1n) is 8.35. The molecule has 1 heterocycles. The molecule has 0 unspecified atom stereocenters. The molecule has 0 aliphatic carbocycles. The summed E-state index contributed by atoms with van der Waals surface area (Å²) in [6.45, 7) is 2.63. The first-order chi connectivity index (χ1) is 12.9. The molecule has 9 nitrogen and oxygen atoms in total. The zero-order valence-corrected chi connectivity index (χ0v) is 16.3. The van der Waals surface area contributed by atoms with Crippen LogP contribution < -0.4 is 19.5 Å². The summed E-state index contributed by atoms with van der Waals surface area (Å²) in [7, 11) is -1.01. The second kappa shape index (κ2) is 9.38. The van der Waals surface area contributed by atoms with Crippen LogP contribution >= 0.6 is 0 Å². The second-order valence-electron chi connectivity index (χ2n) is 5.80. The number of sulfonamides is 1. The summed E-state index contributed by atoms with van der Waals surface area (Å²) < 4.78 is 39.5. The Morgan fingerprint density at radius 1 is 1.26 bits per heavy atom. The van der Waals surface area contributed by atoms with Gasteiger partial charge in [0, 0.05) is 31.5 Å². The number of imidazole rings is 1. The summed E-state index contributed by atoms with van der Waals surface area (Å²) in [4.78, 5) is 16.1. The monoisotopic (exact) mass is 396 g/mol. The van der Waals surface area contributed by atoms with Crippen molar-refractivity contribution in [1.82, 2.24) is 19.6 Å². The Morgan fingerprint density at radius 2 is 2.00 bits per heavy atom. The fraction of sp³-hybridized carbons (Fsp3) is 0.412. The maximum atomic E-state index is 12.5. The van der Waals surface area contributed by atoms with Gasteiger partial charge in [-0.05, 0) is 25.5 Å². The molecule has 0 bridgehead atoms. The van der Waals surface area contributed by atoms with Gasteiger partial charge < -0.3 is 19.4 Å². The van der Waals surface area contributed by atoms with Crippen LogP contribution in [0.3, 0.4) is 0 Å². The summed E-state index contributed by atoms with van der Waals surface area (Å²) in [5, 5.41) is 2.72. The Kier molecular flexibility index (Phi) is 7.19. The third kappa shape index (κ3) is 5.69. The quantitative estimate of drug-likeness (QED) is 0.574. The van der Waals surface area contributed by atoms with Crippen molar-refractivity contribution in [3.8, 4) is 11.5 Å². The van der Waals surface area contributed by atoms with Crippen LogP contribution in [0.15, 0.2) is 41.8 Å². The lowest BCUT2D eigenvalue weighted by Gasteiger charge is -2.15. The van der Waals surface area contributed by atoms with Gasteiger partial charge in [0.05, 0.1) is 31.5 Å². The van der Waals surface area contributed by atoms with E-state index in [1.54, 1.807) is 12.5 Å². The molecule has 10 heteroatoms. The minimum Gasteiger partial charge on any atom is -0.493 e. The van der Waals surface area contributed by atoms with Crippen LogP contribution in [-0.2, 0) is 21.4 Å². The normalized spacial score (nSPS) is 12.4. The summed E-state index contributed by atoms with van der Waals surface area (Å²) >= 11 is 0. The van der Waals surface area contributed by atoms with E-state index in [9.17, 15) is 13.2 Å². The molecule has 1 atom stereocenters. The van der Waals surface area contributed by atoms with Crippen molar-refractivity contribution in [2.24, 2.45) is 0 Å². The fourth-order valence-corrected chi connectivity index (χ4v) is 3.60. The van der Waals surface area contributed by atoms with E-state index in [1.807, 2.05) is 10.8 Å². The highest BCUT2D eigenvalue weighted by molar-refractivity contribution is 7.89. The lowest BCUT2D eigenvalue weighted by atomic mass is 10.3. The minimum absolute atomic E-state index is 0.0140. The van der Waals surface area contributed by atoms with Crippen LogP contribution in [0, 0.1) is 0 Å². The molecule has 27 heavy (non-hydrogen) atoms. The standard InChI is InChI=1S/C17H24N4O5S/c1-13(17(22)19-7-4-9-21-10-8-18-12-21)20-27(23,24)14-5-6-15(25-2)16(11-14)26-3/h5-6,8,10-13,20H,4,7,9H2,1-3H3,(H,19,22)/t13-/m1/s1. The molecular weight excluding hydrogens is 372 g/mol. The largest absolute Gasteiger partial charge is 0.493 e. The van der Waals surface area contributed by atoms with Gasteiger partial charge in [0.25, 0.3) is 0 Å². The molecule has 0 saturated carbocycles. The third-order valence-electron chi connectivity index (χ3n) is 3.84. The van der Waals surface area contributed by atoms with E-state index in [0.717, 1.165) is 0 Å². The lowest BCUT2D eigenvalue weighted by molar-refractivity contribution is -0.122. The number of hydrogen-bond donors (Lipinski definition) is 2. The summed E-state index contributed by atoms with van der Waals surface area (Å²) in [5.41, 5.74) is 0. The molecule has 0 spiro atoms. The molecule has 1 aromatic heterocycles. The molecule has 1 amide bonds. The van der Waals surface area contributed by atoms with Gasteiger partial charge in [-0.15, -0.1) is 0 Å². The smallest absolute Gasteiger partial charge is 0.241 e. The number of carbonyl (C=O) groups excluding carboxylic acids is 1. The number of nitrogens with zero attached hydrogens (tertiary/aromatic N) is 2. The predicted molar refractivity (Wildman–Crippen MR) is 99.2 cm³/mol. The first-order valence-corrected chi connectivity index (χ1v) is 9.83. The Labute approximate surface area is 158 Å². The van der Waals surface area contributed by atoms with E-state index in [0.29, 0.717) is 25.3 Å². The van der Waals surface area contributed by atoms with Crippen molar-refractivity contribution in [3.05, 3.63) is 36.9 Å². The highest BCUT2D eigenvalue weighted by atomic mass is 32.2. The average Bonchev–Trinajstić information content (AvgIpc) is 3.17. The molecule has 2 rings (SSSR count). The highest BCUT2D eigenvalue weighted by Crippen LogP contribution is 2.29. The Balaban J connectivity index is 1.90. The zero-order valence-electron chi connectivity index (χ0n) is 15.5. The van der Waals surface area contributed by atoms with Crippen molar-refractivity contribution in [3.63, 3.8) is 0 Å². The molecule has 0 aliphatic heterocycles. The van der Waals surface area contributed by atoms with Crippen molar-refractivity contribution in [2.75, 3.05) is 20.8 Å². The van der Waals surface area contributed by atoms with Gasteiger partial charge in [-0.2, -0.15) is 4.72 Å². The van der Waals surface area contributed by atoms with Crippen LogP contribution in [0.4, 0.5) is 0 Å². The van der Waals surface area contributed by atoms with Crippen LogP contribution in [0.2, 0.25) is 0 Å². The highest BCUT2D eigenvalue weighted by Gasteiger charge is 2.23. The molecule has 0 aliphatic rings. The van der Waals surface area contributed by atoms with Gasteiger partial charge in [0.1, 0.15) is 0 Å². The SMILES string of the molecule is COc1ccc(S(=O)(=O)N[C@H](C)C(=O)NCCCn2ccnc2)cc1OC. The Morgan fingerprint density at radius 3 is 2.63 bits per heavy atom. The number of rotatable bonds is 10. The van der Waals surface area contributed by atoms with E-state index in [4.69, 9.17) is 9.47 Å². The van der Waals surface area contributed by atoms with Gasteiger partial charge in [-0.1, -0.05) is 0 Å². The number of carbonyl (C=O) groups is 1. The van der Waals surface area contributed by atoms with Crippen molar-refractivity contribution >= 4 is 15.9 Å². The molecule has 1 aromatic carbocycles. The predicted octanol–water partition coefficient (Wildman–Crippen LogP) is 0.774. The number of methoxy groups -OCH3 is 2. The number of hydrogen-bond acceptors (Lipinski definition) is 6. The Bertz CT molecular complexity index is 852. The van der Waals surface area contributed by atoms with Crippen molar-refractivity contribution < 1.29 is 22.7 Å². The second-order valence-corrected chi connectivity index (χ2v) is 7.52. The summed E-state index contributed by atoms with van der Waals surface area (Å²) in [6, 6.07) is 3.31. The van der Waals surface area contributed by atoms with E-state index in [2.05, 4.69) is 15.0 Å². The minimum atomic E-state index is -3.89. The van der Waals surface area contributed by atoms with Crippen LogP contribution in [-0.4, -0.2) is 50.7 Å². The van der Waals surface area contributed by atoms with Crippen molar-refractivity contribution in [2.45, 2.75) is 30.8 Å². The zero-order chi connectivity index (χ0) is 19.9. The third-order valence-corrected chi connectivity index (χ3v) is 5.38. The number of ether oxygens (including phenoxy) is 2. The molecule has 2 aromatic rings. The molecule has 2 N–H and O–H groups in total. The summed E-state index contributed by atoms with van der Waals surface area (Å²) in [6.07, 6.45) is 5.92. The molecule has 148 valence electrons. The van der Waals surface area contributed by atoms with Crippen molar-refractivity contribution in [1.29, 1.82) is 0 Å². The molecule has 0 radical (unpaired) electrons. The van der Waals surface area contributed by atoms with Gasteiger partial charge in [0.15, 0.2) is 11.5 Å². The van der Waals surface area contributed by atoms with E-state index in [-0.39, 0.29) is 10.6 Å². The van der Waals surface area contributed by atoms with Gasteiger partial charge in [-0.3, -0.25) is 4.79 Å². The number of aryl methyl sites for hydroxylation is 1. The number of amides is 1.